The second kappa shape index (κ2) is 16.0. The molecule has 48 heavy (non-hydrogen) atoms. The Morgan fingerprint density at radius 3 is 2.04 bits per heavy atom. The number of ether oxygens (including phenoxy) is 6. The average molecular weight is 667 g/mol. The van der Waals surface area contributed by atoms with Crippen molar-refractivity contribution in [1.82, 2.24) is 5.32 Å². The number of rotatable bonds is 12. The van der Waals surface area contributed by atoms with Gasteiger partial charge in [-0.25, -0.2) is 4.79 Å². The average Bonchev–Trinajstić information content (AvgIpc) is 3.32. The summed E-state index contributed by atoms with van der Waals surface area (Å²) < 4.78 is 30.6. The summed E-state index contributed by atoms with van der Waals surface area (Å²) in [6.07, 6.45) is -0.259. The van der Waals surface area contributed by atoms with Gasteiger partial charge in [-0.3, -0.25) is 14.4 Å². The van der Waals surface area contributed by atoms with Crippen LogP contribution in [0.2, 0.25) is 0 Å². The van der Waals surface area contributed by atoms with Crippen molar-refractivity contribution in [3.05, 3.63) is 76.9 Å². The number of carbonyl (C=O) groups is 4. The fourth-order valence-corrected chi connectivity index (χ4v) is 5.37. The Labute approximate surface area is 277 Å². The standard InChI is InChI=1S/C34H38N2O12/c1-42-20-47-27-14-13-25(43-2)18-26(27)30(37)21-9-11-22(12-10-21)33(39)48-36(34(40)41)15-7-6-8-24(19-36)35-32(38)23-16-28(44-3)31(46-5)29(17-23)45-4/h9-14,16-18,24H,6-8,15,19-20H2,1-5H3,(H-,35,38,40,41). The quantitative estimate of drug-likeness (QED) is 0.171. The number of methoxy groups -OCH3 is 5. The molecule has 0 aliphatic carbocycles. The lowest BCUT2D eigenvalue weighted by molar-refractivity contribution is -1.04. The molecule has 256 valence electrons. The van der Waals surface area contributed by atoms with Gasteiger partial charge in [0.1, 0.15) is 24.6 Å². The molecule has 0 radical (unpaired) electrons. The third-order valence-electron chi connectivity index (χ3n) is 7.84. The number of benzene rings is 3. The predicted octanol–water partition coefficient (Wildman–Crippen LogP) is 3.15. The highest BCUT2D eigenvalue weighted by atomic mass is 16.8. The number of ketones is 1. The first-order valence-electron chi connectivity index (χ1n) is 15.0. The molecule has 14 heteroatoms. The lowest BCUT2D eigenvalue weighted by atomic mass is 10.0. The van der Waals surface area contributed by atoms with E-state index < -0.39 is 34.4 Å². The number of hydroxylamine groups is 3. The zero-order valence-electron chi connectivity index (χ0n) is 27.4. The molecule has 0 spiro atoms. The van der Waals surface area contributed by atoms with Crippen LogP contribution in [0.3, 0.4) is 0 Å². The molecule has 2 atom stereocenters. The van der Waals surface area contributed by atoms with Gasteiger partial charge in [0.15, 0.2) is 24.1 Å². The Balaban J connectivity index is 1.52. The zero-order valence-corrected chi connectivity index (χ0v) is 27.4. The third-order valence-corrected chi connectivity index (χ3v) is 7.84. The van der Waals surface area contributed by atoms with Crippen molar-refractivity contribution >= 4 is 23.8 Å². The van der Waals surface area contributed by atoms with Crippen molar-refractivity contribution in [2.75, 3.05) is 55.4 Å². The van der Waals surface area contributed by atoms with Crippen LogP contribution in [0.5, 0.6) is 28.7 Å². The molecule has 0 saturated carbocycles. The molecule has 1 N–H and O–H groups in total. The van der Waals surface area contributed by atoms with Gasteiger partial charge in [-0.05, 0) is 55.3 Å². The fraction of sp³-hybridized carbons (Fsp3) is 0.353. The minimum atomic E-state index is -1.63. The first-order valence-corrected chi connectivity index (χ1v) is 15.0. The third kappa shape index (κ3) is 7.96. The van der Waals surface area contributed by atoms with Gasteiger partial charge in [0.2, 0.25) is 5.75 Å². The van der Waals surface area contributed by atoms with E-state index in [-0.39, 0.29) is 59.4 Å². The summed E-state index contributed by atoms with van der Waals surface area (Å²) in [7, 11) is 7.21. The van der Waals surface area contributed by atoms with Crippen LogP contribution < -0.4 is 34.1 Å². The smallest absolute Gasteiger partial charge is 0.398 e. The molecular weight excluding hydrogens is 628 g/mol. The van der Waals surface area contributed by atoms with E-state index in [0.29, 0.717) is 30.8 Å². The highest BCUT2D eigenvalue weighted by Gasteiger charge is 2.42. The lowest BCUT2D eigenvalue weighted by Gasteiger charge is -2.34. The summed E-state index contributed by atoms with van der Waals surface area (Å²) in [5.74, 6) is -0.299. The van der Waals surface area contributed by atoms with Crippen molar-refractivity contribution in [2.24, 2.45) is 0 Å². The van der Waals surface area contributed by atoms with E-state index in [2.05, 4.69) is 5.32 Å². The van der Waals surface area contributed by atoms with E-state index in [4.69, 9.17) is 33.3 Å². The lowest BCUT2D eigenvalue weighted by Crippen LogP contribution is -2.63. The number of carbonyl (C=O) groups excluding carboxylic acids is 4. The molecule has 1 aliphatic heterocycles. The first kappa shape index (κ1) is 35.5. The Morgan fingerprint density at radius 2 is 1.46 bits per heavy atom. The monoisotopic (exact) mass is 666 g/mol. The Kier molecular flexibility index (Phi) is 11.8. The van der Waals surface area contributed by atoms with E-state index in [0.717, 1.165) is 0 Å². The number of amides is 2. The number of nitrogens with zero attached hydrogens (tertiary/aromatic N) is 1. The van der Waals surface area contributed by atoms with Crippen molar-refractivity contribution in [3.63, 3.8) is 0 Å². The van der Waals surface area contributed by atoms with Gasteiger partial charge in [0, 0.05) is 24.7 Å². The molecule has 2 unspecified atom stereocenters. The summed E-state index contributed by atoms with van der Waals surface area (Å²) in [5, 5.41) is 15.4. The molecule has 3 aromatic carbocycles. The second-order valence-electron chi connectivity index (χ2n) is 10.8. The maximum Gasteiger partial charge on any atom is 0.398 e. The Bertz CT molecular complexity index is 1620. The summed E-state index contributed by atoms with van der Waals surface area (Å²) in [4.78, 5) is 58.1. The van der Waals surface area contributed by atoms with Crippen LogP contribution in [-0.4, -0.2) is 89.9 Å². The van der Waals surface area contributed by atoms with Crippen LogP contribution in [0.1, 0.15) is 55.9 Å². The Morgan fingerprint density at radius 1 is 0.792 bits per heavy atom. The number of quaternary nitrogens is 1. The van der Waals surface area contributed by atoms with Crippen LogP contribution in [0.25, 0.3) is 0 Å². The van der Waals surface area contributed by atoms with Gasteiger partial charge in [-0.15, -0.1) is 0 Å². The van der Waals surface area contributed by atoms with E-state index in [9.17, 15) is 24.3 Å². The van der Waals surface area contributed by atoms with Crippen LogP contribution in [0.4, 0.5) is 4.79 Å². The number of hydrogen-bond donors (Lipinski definition) is 1. The summed E-state index contributed by atoms with van der Waals surface area (Å²) in [6, 6.07) is 12.6. The highest BCUT2D eigenvalue weighted by molar-refractivity contribution is 6.11. The second-order valence-corrected chi connectivity index (χ2v) is 10.8. The van der Waals surface area contributed by atoms with Crippen LogP contribution in [0, 0.1) is 0 Å². The molecule has 14 nitrogen and oxygen atoms in total. The van der Waals surface area contributed by atoms with Gasteiger partial charge in [-0.2, -0.15) is 0 Å². The topological polar surface area (TPSA) is 168 Å². The van der Waals surface area contributed by atoms with Crippen LogP contribution in [-0.2, 0) is 9.57 Å². The van der Waals surface area contributed by atoms with Crippen molar-refractivity contribution in [2.45, 2.75) is 25.3 Å². The molecule has 3 aromatic rings. The summed E-state index contributed by atoms with van der Waals surface area (Å²) in [5.41, 5.74) is 0.648. The summed E-state index contributed by atoms with van der Waals surface area (Å²) >= 11 is 0. The minimum absolute atomic E-state index is 0.00838. The van der Waals surface area contributed by atoms with E-state index >= 15 is 0 Å². The predicted molar refractivity (Wildman–Crippen MR) is 167 cm³/mol. The zero-order chi connectivity index (χ0) is 34.8. The minimum Gasteiger partial charge on any atom is -0.497 e. The largest absolute Gasteiger partial charge is 0.497 e. The van der Waals surface area contributed by atoms with Gasteiger partial charge in [-0.1, -0.05) is 16.8 Å². The molecule has 0 bridgehead atoms. The normalized spacial score (nSPS) is 17.3. The number of nitrogens with one attached hydrogen (secondary N) is 1. The molecule has 0 aromatic heterocycles. The van der Waals surface area contributed by atoms with Crippen molar-refractivity contribution < 1.29 is 62.2 Å². The van der Waals surface area contributed by atoms with Crippen LogP contribution in [0.15, 0.2) is 54.6 Å². The van der Waals surface area contributed by atoms with E-state index in [1.54, 1.807) is 12.1 Å². The molecule has 1 saturated heterocycles. The van der Waals surface area contributed by atoms with Gasteiger partial charge in [0.05, 0.1) is 45.6 Å². The molecule has 2 amide bonds. The van der Waals surface area contributed by atoms with Gasteiger partial charge >= 0.3 is 12.1 Å². The van der Waals surface area contributed by atoms with E-state index in [1.165, 1.54) is 78.0 Å². The number of carboxylic acid groups (broad SMARTS) is 1. The molecular formula is C34H38N2O12. The fourth-order valence-electron chi connectivity index (χ4n) is 5.37. The van der Waals surface area contributed by atoms with Crippen molar-refractivity contribution in [3.8, 4) is 28.7 Å². The highest BCUT2D eigenvalue weighted by Crippen LogP contribution is 2.38. The molecule has 1 aliphatic rings. The van der Waals surface area contributed by atoms with Gasteiger partial charge < -0.3 is 43.6 Å². The first-order chi connectivity index (χ1) is 23.1. The SMILES string of the molecule is COCOc1ccc(OC)cc1C(=O)c1ccc(C(=O)O[N+]2(C(=O)[O-])CCCCC(NC(=O)c3cc(OC)c(OC)c(OC)c3)C2)cc1. The molecule has 1 heterocycles. The maximum atomic E-state index is 13.4. The van der Waals surface area contributed by atoms with Crippen molar-refractivity contribution in [1.29, 1.82) is 0 Å². The molecule has 1 fully saturated rings. The Hall–Kier alpha value is -5.34. The van der Waals surface area contributed by atoms with Gasteiger partial charge in [0.25, 0.3) is 5.91 Å². The molecule has 4 rings (SSSR count). The van der Waals surface area contributed by atoms with Crippen LogP contribution >= 0.6 is 0 Å². The summed E-state index contributed by atoms with van der Waals surface area (Å²) in [6.45, 7) is -0.423. The maximum absolute atomic E-state index is 13.4. The number of likely N-dealkylation sites (tertiary alicyclic amines) is 1. The number of hydrogen-bond acceptors (Lipinski definition) is 12. The van der Waals surface area contributed by atoms with E-state index in [1.807, 2.05) is 0 Å².